The fourth-order valence-electron chi connectivity index (χ4n) is 2.47. The van der Waals surface area contributed by atoms with Gasteiger partial charge in [-0.05, 0) is 30.8 Å². The SMILES string of the molecule is NCCc1nc2cccc(Cl)c2c(=O)n1-c1cc(F)cc(F)c1. The van der Waals surface area contributed by atoms with Crippen LogP contribution < -0.4 is 11.3 Å². The lowest BCUT2D eigenvalue weighted by atomic mass is 10.2. The predicted molar refractivity (Wildman–Crippen MR) is 85.0 cm³/mol. The summed E-state index contributed by atoms with van der Waals surface area (Å²) in [6.07, 6.45) is 0.274. The van der Waals surface area contributed by atoms with E-state index in [1.54, 1.807) is 18.2 Å². The van der Waals surface area contributed by atoms with Gasteiger partial charge in [-0.25, -0.2) is 13.8 Å². The number of hydrogen-bond donors (Lipinski definition) is 1. The smallest absolute Gasteiger partial charge is 0.267 e. The van der Waals surface area contributed by atoms with Crippen LogP contribution in [0.4, 0.5) is 8.78 Å². The molecule has 3 rings (SSSR count). The van der Waals surface area contributed by atoms with Gasteiger partial charge in [0.2, 0.25) is 0 Å². The van der Waals surface area contributed by atoms with Gasteiger partial charge in [0.05, 0.1) is 21.6 Å². The van der Waals surface area contributed by atoms with Crippen LogP contribution in [0.15, 0.2) is 41.2 Å². The van der Waals surface area contributed by atoms with Crippen LogP contribution in [0, 0.1) is 11.6 Å². The second-order valence-corrected chi connectivity index (χ2v) is 5.38. The second kappa shape index (κ2) is 6.06. The van der Waals surface area contributed by atoms with Gasteiger partial charge in [0.1, 0.15) is 17.5 Å². The van der Waals surface area contributed by atoms with Crippen LogP contribution in [-0.2, 0) is 6.42 Å². The molecule has 1 aromatic heterocycles. The average Bonchev–Trinajstić information content (AvgIpc) is 2.46. The number of hydrogen-bond acceptors (Lipinski definition) is 3. The summed E-state index contributed by atoms with van der Waals surface area (Å²) in [7, 11) is 0. The van der Waals surface area contributed by atoms with Crippen molar-refractivity contribution in [3.8, 4) is 5.69 Å². The summed E-state index contributed by atoms with van der Waals surface area (Å²) >= 11 is 6.09. The van der Waals surface area contributed by atoms with Gasteiger partial charge in [-0.2, -0.15) is 0 Å². The highest BCUT2D eigenvalue weighted by Crippen LogP contribution is 2.21. The van der Waals surface area contributed by atoms with Crippen LogP contribution in [0.3, 0.4) is 0 Å². The van der Waals surface area contributed by atoms with Crippen molar-refractivity contribution in [3.05, 3.63) is 69.2 Å². The molecule has 7 heteroatoms. The molecule has 0 radical (unpaired) electrons. The Bertz CT molecular complexity index is 936. The van der Waals surface area contributed by atoms with Crippen LogP contribution in [0.1, 0.15) is 5.82 Å². The molecule has 0 atom stereocenters. The van der Waals surface area contributed by atoms with E-state index >= 15 is 0 Å². The Hall–Kier alpha value is -2.31. The Labute approximate surface area is 135 Å². The predicted octanol–water partition coefficient (Wildman–Crippen LogP) is 2.82. The van der Waals surface area contributed by atoms with Gasteiger partial charge in [0.15, 0.2) is 0 Å². The van der Waals surface area contributed by atoms with Crippen molar-refractivity contribution in [1.82, 2.24) is 9.55 Å². The molecular formula is C16H12ClF2N3O. The van der Waals surface area contributed by atoms with E-state index in [9.17, 15) is 13.6 Å². The second-order valence-electron chi connectivity index (χ2n) is 4.97. The minimum atomic E-state index is -0.787. The number of benzene rings is 2. The first-order valence-electron chi connectivity index (χ1n) is 6.88. The summed E-state index contributed by atoms with van der Waals surface area (Å²) in [4.78, 5) is 17.2. The van der Waals surface area contributed by atoms with Crippen LogP contribution >= 0.6 is 11.6 Å². The minimum absolute atomic E-state index is 0.0465. The van der Waals surface area contributed by atoms with Crippen molar-refractivity contribution in [1.29, 1.82) is 0 Å². The van der Waals surface area contributed by atoms with Crippen molar-refractivity contribution < 1.29 is 8.78 Å². The molecule has 118 valence electrons. The summed E-state index contributed by atoms with van der Waals surface area (Å²) in [6.45, 7) is 0.232. The van der Waals surface area contributed by atoms with Gasteiger partial charge < -0.3 is 5.73 Å². The molecule has 0 amide bonds. The third-order valence-corrected chi connectivity index (χ3v) is 3.70. The fraction of sp³-hybridized carbons (Fsp3) is 0.125. The number of nitrogens with two attached hydrogens (primary N) is 1. The zero-order valence-electron chi connectivity index (χ0n) is 11.9. The molecule has 0 saturated heterocycles. The van der Waals surface area contributed by atoms with Crippen molar-refractivity contribution in [2.24, 2.45) is 5.73 Å². The summed E-state index contributed by atoms with van der Waals surface area (Å²) in [5, 5.41) is 0.421. The van der Waals surface area contributed by atoms with Crippen LogP contribution in [0.2, 0.25) is 5.02 Å². The van der Waals surface area contributed by atoms with Gasteiger partial charge >= 0.3 is 0 Å². The highest BCUT2D eigenvalue weighted by atomic mass is 35.5. The first-order chi connectivity index (χ1) is 11.0. The molecular weight excluding hydrogens is 324 g/mol. The van der Waals surface area contributed by atoms with E-state index in [0.717, 1.165) is 22.8 Å². The van der Waals surface area contributed by atoms with Gasteiger partial charge in [0, 0.05) is 12.5 Å². The molecule has 3 aromatic rings. The molecule has 2 aromatic carbocycles. The minimum Gasteiger partial charge on any atom is -0.330 e. The van der Waals surface area contributed by atoms with Gasteiger partial charge in [-0.3, -0.25) is 9.36 Å². The summed E-state index contributed by atoms with van der Waals surface area (Å²) < 4.78 is 28.2. The number of fused-ring (bicyclic) bond motifs is 1. The standard InChI is InChI=1S/C16H12ClF2N3O/c17-12-2-1-3-13-15(12)16(23)22(14(21-13)4-5-20)11-7-9(18)6-10(19)8-11/h1-3,6-8H,4-5,20H2. The van der Waals surface area contributed by atoms with Crippen LogP contribution in [0.5, 0.6) is 0 Å². The third-order valence-electron chi connectivity index (χ3n) is 3.39. The Balaban J connectivity index is 2.42. The molecule has 2 N–H and O–H groups in total. The topological polar surface area (TPSA) is 60.9 Å². The molecule has 1 heterocycles. The average molecular weight is 336 g/mol. The Morgan fingerprint density at radius 2 is 1.87 bits per heavy atom. The Morgan fingerprint density at radius 3 is 2.52 bits per heavy atom. The molecule has 0 spiro atoms. The van der Waals surface area contributed by atoms with E-state index in [2.05, 4.69) is 4.98 Å². The summed E-state index contributed by atoms with van der Waals surface area (Å²) in [6, 6.07) is 7.75. The van der Waals surface area contributed by atoms with E-state index in [0.29, 0.717) is 11.3 Å². The molecule has 0 unspecified atom stereocenters. The number of nitrogens with zero attached hydrogens (tertiary/aromatic N) is 2. The van der Waals surface area contributed by atoms with Gasteiger partial charge in [0.25, 0.3) is 5.56 Å². The molecule has 0 aliphatic heterocycles. The zero-order chi connectivity index (χ0) is 16.6. The van der Waals surface area contributed by atoms with Crippen molar-refractivity contribution >= 4 is 22.5 Å². The number of aromatic nitrogens is 2. The number of halogens is 3. The maximum Gasteiger partial charge on any atom is 0.267 e. The lowest BCUT2D eigenvalue weighted by Gasteiger charge is -2.14. The maximum atomic E-state index is 13.5. The summed E-state index contributed by atoms with van der Waals surface area (Å²) in [5.74, 6) is -1.26. The molecule has 0 aliphatic carbocycles. The third kappa shape index (κ3) is 2.83. The van der Waals surface area contributed by atoms with Crippen LogP contribution in [0.25, 0.3) is 16.6 Å². The summed E-state index contributed by atoms with van der Waals surface area (Å²) in [5.41, 5.74) is 5.53. The quantitative estimate of drug-likeness (QED) is 0.800. The lowest BCUT2D eigenvalue weighted by molar-refractivity contribution is 0.580. The maximum absolute atomic E-state index is 13.5. The van der Waals surface area contributed by atoms with Crippen molar-refractivity contribution in [2.45, 2.75) is 6.42 Å². The highest BCUT2D eigenvalue weighted by Gasteiger charge is 2.15. The normalized spacial score (nSPS) is 11.1. The van der Waals surface area contributed by atoms with Crippen LogP contribution in [-0.4, -0.2) is 16.1 Å². The fourth-order valence-corrected chi connectivity index (χ4v) is 2.72. The van der Waals surface area contributed by atoms with Crippen molar-refractivity contribution in [2.75, 3.05) is 6.54 Å². The first-order valence-corrected chi connectivity index (χ1v) is 7.25. The molecule has 4 nitrogen and oxygen atoms in total. The van der Waals surface area contributed by atoms with E-state index in [-0.39, 0.29) is 29.1 Å². The van der Waals surface area contributed by atoms with E-state index in [1.165, 1.54) is 0 Å². The Morgan fingerprint density at radius 1 is 1.17 bits per heavy atom. The zero-order valence-corrected chi connectivity index (χ0v) is 12.6. The molecule has 0 fully saturated rings. The number of rotatable bonds is 3. The van der Waals surface area contributed by atoms with Gasteiger partial charge in [-0.15, -0.1) is 0 Å². The first kappa shape index (κ1) is 15.6. The monoisotopic (exact) mass is 335 g/mol. The van der Waals surface area contributed by atoms with Crippen molar-refractivity contribution in [3.63, 3.8) is 0 Å². The van der Waals surface area contributed by atoms with E-state index in [1.807, 2.05) is 0 Å². The molecule has 0 saturated carbocycles. The van der Waals surface area contributed by atoms with Gasteiger partial charge in [-0.1, -0.05) is 17.7 Å². The van der Waals surface area contributed by atoms with E-state index < -0.39 is 17.2 Å². The highest BCUT2D eigenvalue weighted by molar-refractivity contribution is 6.35. The molecule has 0 bridgehead atoms. The largest absolute Gasteiger partial charge is 0.330 e. The Kier molecular flexibility index (Phi) is 4.11. The molecule has 23 heavy (non-hydrogen) atoms. The molecule has 0 aliphatic rings. The lowest BCUT2D eigenvalue weighted by Crippen LogP contribution is -2.26. The van der Waals surface area contributed by atoms with E-state index in [4.69, 9.17) is 17.3 Å².